The van der Waals surface area contributed by atoms with E-state index < -0.39 is 6.10 Å². The molecule has 0 radical (unpaired) electrons. The van der Waals surface area contributed by atoms with Gasteiger partial charge in [-0.1, -0.05) is 30.3 Å². The van der Waals surface area contributed by atoms with E-state index >= 15 is 0 Å². The Morgan fingerprint density at radius 3 is 2.67 bits per heavy atom. The molecule has 1 aliphatic rings. The van der Waals surface area contributed by atoms with Gasteiger partial charge in [-0.2, -0.15) is 0 Å². The molecule has 0 bridgehead atoms. The van der Waals surface area contributed by atoms with Gasteiger partial charge in [0.2, 0.25) is 0 Å². The molecule has 110 valence electrons. The number of nitrogens with two attached hydrogens (primary N) is 1. The highest BCUT2D eigenvalue weighted by Gasteiger charge is 2.30. The molecule has 3 N–H and O–H groups in total. The lowest BCUT2D eigenvalue weighted by atomic mass is 9.97. The largest absolute Gasteiger partial charge is 0.497 e. The zero-order valence-corrected chi connectivity index (χ0v) is 11.9. The monoisotopic (exact) mass is 285 g/mol. The molecule has 0 fully saturated rings. The van der Waals surface area contributed by atoms with E-state index in [2.05, 4.69) is 0 Å². The van der Waals surface area contributed by atoms with Gasteiger partial charge < -0.3 is 20.3 Å². The number of ether oxygens (including phenoxy) is 2. The normalized spacial score (nSPS) is 24.6. The topological polar surface area (TPSA) is 64.7 Å². The Morgan fingerprint density at radius 1 is 1.19 bits per heavy atom. The molecule has 21 heavy (non-hydrogen) atoms. The summed E-state index contributed by atoms with van der Waals surface area (Å²) in [5.74, 6) is 1.33. The molecular formula is C17H19NO3. The molecular weight excluding hydrogens is 266 g/mol. The number of benzene rings is 2. The third kappa shape index (κ3) is 2.73. The summed E-state index contributed by atoms with van der Waals surface area (Å²) in [6, 6.07) is 15.0. The van der Waals surface area contributed by atoms with Crippen molar-refractivity contribution < 1.29 is 14.6 Å². The predicted octanol–water partition coefficient (Wildman–Crippen LogP) is 2.58. The first-order valence-corrected chi connectivity index (χ1v) is 7.02. The van der Waals surface area contributed by atoms with Gasteiger partial charge in [0.05, 0.1) is 13.2 Å². The third-order valence-corrected chi connectivity index (χ3v) is 3.87. The van der Waals surface area contributed by atoms with Crippen molar-refractivity contribution in [2.24, 2.45) is 5.73 Å². The first-order chi connectivity index (χ1) is 10.2. The quantitative estimate of drug-likeness (QED) is 0.890. The minimum Gasteiger partial charge on any atom is -0.497 e. The van der Waals surface area contributed by atoms with E-state index in [0.717, 1.165) is 5.56 Å². The summed E-state index contributed by atoms with van der Waals surface area (Å²) in [5, 5.41) is 10.4. The van der Waals surface area contributed by atoms with Crippen molar-refractivity contribution in [3.8, 4) is 11.5 Å². The maximum Gasteiger partial charge on any atom is 0.129 e. The number of rotatable bonds is 2. The number of methoxy groups -OCH3 is 1. The summed E-state index contributed by atoms with van der Waals surface area (Å²) >= 11 is 0. The van der Waals surface area contributed by atoms with Gasteiger partial charge in [0.15, 0.2) is 0 Å². The van der Waals surface area contributed by atoms with Gasteiger partial charge in [-0.15, -0.1) is 0 Å². The maximum absolute atomic E-state index is 10.4. The SMILES string of the molecule is COc1ccc2c(c1)OC(c1ccccc1)CC(N)C2O. The van der Waals surface area contributed by atoms with Crippen molar-refractivity contribution in [1.82, 2.24) is 0 Å². The summed E-state index contributed by atoms with van der Waals surface area (Å²) in [5.41, 5.74) is 7.89. The number of fused-ring (bicyclic) bond motifs is 1. The number of hydrogen-bond acceptors (Lipinski definition) is 4. The molecule has 3 unspecified atom stereocenters. The van der Waals surface area contributed by atoms with E-state index in [9.17, 15) is 5.11 Å². The zero-order valence-electron chi connectivity index (χ0n) is 11.9. The van der Waals surface area contributed by atoms with Crippen LogP contribution in [0.5, 0.6) is 11.5 Å². The Labute approximate surface area is 124 Å². The summed E-state index contributed by atoms with van der Waals surface area (Å²) in [7, 11) is 1.61. The van der Waals surface area contributed by atoms with Crippen LogP contribution in [0.1, 0.15) is 29.8 Å². The second kappa shape index (κ2) is 5.76. The van der Waals surface area contributed by atoms with Crippen molar-refractivity contribution in [3.05, 3.63) is 59.7 Å². The molecule has 0 aliphatic carbocycles. The van der Waals surface area contributed by atoms with Gasteiger partial charge in [0, 0.05) is 24.1 Å². The second-order valence-electron chi connectivity index (χ2n) is 5.27. The van der Waals surface area contributed by atoms with Gasteiger partial charge in [-0.25, -0.2) is 0 Å². The summed E-state index contributed by atoms with van der Waals surface area (Å²) in [4.78, 5) is 0. The summed E-state index contributed by atoms with van der Waals surface area (Å²) < 4.78 is 11.3. The Kier molecular flexibility index (Phi) is 3.82. The van der Waals surface area contributed by atoms with Crippen LogP contribution in [-0.2, 0) is 0 Å². The highest BCUT2D eigenvalue weighted by molar-refractivity contribution is 5.43. The van der Waals surface area contributed by atoms with Crippen LogP contribution in [0.15, 0.2) is 48.5 Å². The Bertz CT molecular complexity index is 615. The fourth-order valence-electron chi connectivity index (χ4n) is 2.67. The molecule has 0 saturated heterocycles. The lowest BCUT2D eigenvalue weighted by molar-refractivity contribution is 0.131. The molecule has 1 heterocycles. The van der Waals surface area contributed by atoms with E-state index in [4.69, 9.17) is 15.2 Å². The van der Waals surface area contributed by atoms with Gasteiger partial charge in [-0.05, 0) is 17.7 Å². The maximum atomic E-state index is 10.4. The standard InChI is InChI=1S/C17H19NO3/c1-20-12-7-8-13-16(9-12)21-15(10-14(18)17(13)19)11-5-3-2-4-6-11/h2-9,14-15,17,19H,10,18H2,1H3. The average Bonchev–Trinajstić information content (AvgIpc) is 2.65. The Hall–Kier alpha value is -2.04. The van der Waals surface area contributed by atoms with Crippen LogP contribution in [-0.4, -0.2) is 18.3 Å². The minimum atomic E-state index is -0.736. The lowest BCUT2D eigenvalue weighted by Crippen LogP contribution is -2.29. The molecule has 3 atom stereocenters. The van der Waals surface area contributed by atoms with Gasteiger partial charge in [-0.3, -0.25) is 0 Å². The van der Waals surface area contributed by atoms with Crippen molar-refractivity contribution in [3.63, 3.8) is 0 Å². The van der Waals surface area contributed by atoms with E-state index in [0.29, 0.717) is 23.5 Å². The van der Waals surface area contributed by atoms with E-state index in [1.807, 2.05) is 36.4 Å². The zero-order chi connectivity index (χ0) is 14.8. The van der Waals surface area contributed by atoms with E-state index in [1.54, 1.807) is 19.2 Å². The van der Waals surface area contributed by atoms with Gasteiger partial charge in [0.25, 0.3) is 0 Å². The average molecular weight is 285 g/mol. The van der Waals surface area contributed by atoms with Crippen LogP contribution in [0, 0.1) is 0 Å². The van der Waals surface area contributed by atoms with Crippen LogP contribution in [0.25, 0.3) is 0 Å². The predicted molar refractivity (Wildman–Crippen MR) is 80.4 cm³/mol. The van der Waals surface area contributed by atoms with Crippen molar-refractivity contribution >= 4 is 0 Å². The summed E-state index contributed by atoms with van der Waals surface area (Å²) in [6.45, 7) is 0. The molecule has 3 rings (SSSR count). The van der Waals surface area contributed by atoms with Crippen LogP contribution in [0.4, 0.5) is 0 Å². The minimum absolute atomic E-state index is 0.177. The third-order valence-electron chi connectivity index (χ3n) is 3.87. The van der Waals surface area contributed by atoms with Gasteiger partial charge in [0.1, 0.15) is 17.6 Å². The Balaban J connectivity index is 2.01. The molecule has 4 heteroatoms. The first-order valence-electron chi connectivity index (χ1n) is 7.02. The van der Waals surface area contributed by atoms with Gasteiger partial charge >= 0.3 is 0 Å². The fraction of sp³-hybridized carbons (Fsp3) is 0.294. The van der Waals surface area contributed by atoms with Crippen molar-refractivity contribution in [1.29, 1.82) is 0 Å². The number of hydrogen-bond donors (Lipinski definition) is 2. The molecule has 4 nitrogen and oxygen atoms in total. The molecule has 2 aromatic rings. The van der Waals surface area contributed by atoms with Crippen LogP contribution in [0.3, 0.4) is 0 Å². The molecule has 0 saturated carbocycles. The van der Waals surface area contributed by atoms with Crippen molar-refractivity contribution in [2.75, 3.05) is 7.11 Å². The van der Waals surface area contributed by atoms with Crippen LogP contribution >= 0.6 is 0 Å². The van der Waals surface area contributed by atoms with E-state index in [-0.39, 0.29) is 12.1 Å². The highest BCUT2D eigenvalue weighted by atomic mass is 16.5. The van der Waals surface area contributed by atoms with E-state index in [1.165, 1.54) is 0 Å². The lowest BCUT2D eigenvalue weighted by Gasteiger charge is -2.19. The molecule has 0 aromatic heterocycles. The highest BCUT2D eigenvalue weighted by Crippen LogP contribution is 2.39. The Morgan fingerprint density at radius 2 is 1.95 bits per heavy atom. The van der Waals surface area contributed by atoms with Crippen molar-refractivity contribution in [2.45, 2.75) is 24.7 Å². The summed E-state index contributed by atoms with van der Waals surface area (Å²) in [6.07, 6.45) is -0.355. The number of aliphatic hydroxyl groups excluding tert-OH is 1. The molecule has 0 spiro atoms. The smallest absolute Gasteiger partial charge is 0.129 e. The molecule has 2 aromatic carbocycles. The molecule has 1 aliphatic heterocycles. The fourth-order valence-corrected chi connectivity index (χ4v) is 2.67. The second-order valence-corrected chi connectivity index (χ2v) is 5.27. The van der Waals surface area contributed by atoms with Crippen LogP contribution in [0.2, 0.25) is 0 Å². The molecule has 0 amide bonds. The van der Waals surface area contributed by atoms with Crippen LogP contribution < -0.4 is 15.2 Å². The first kappa shape index (κ1) is 13.9. The number of aliphatic hydroxyl groups is 1.